The Morgan fingerprint density at radius 1 is 1.12 bits per heavy atom. The van der Waals surface area contributed by atoms with Crippen LogP contribution >= 0.6 is 0 Å². The SMILES string of the molecule is COc1ccc(C(=O)C(=O)N(C)C)c(OC)c1. The van der Waals surface area contributed by atoms with Gasteiger partial charge in [0.25, 0.3) is 11.7 Å². The summed E-state index contributed by atoms with van der Waals surface area (Å²) < 4.78 is 10.1. The number of ketones is 1. The summed E-state index contributed by atoms with van der Waals surface area (Å²) in [7, 11) is 6.00. The number of benzene rings is 1. The Morgan fingerprint density at radius 2 is 1.76 bits per heavy atom. The monoisotopic (exact) mass is 237 g/mol. The number of likely N-dealkylation sites (N-methyl/N-ethyl adjacent to an activating group) is 1. The van der Waals surface area contributed by atoms with E-state index in [4.69, 9.17) is 9.47 Å². The lowest BCUT2D eigenvalue weighted by Crippen LogP contribution is -2.30. The molecule has 1 aromatic carbocycles. The number of ether oxygens (including phenoxy) is 2. The molecule has 0 aliphatic carbocycles. The van der Waals surface area contributed by atoms with E-state index < -0.39 is 11.7 Å². The highest BCUT2D eigenvalue weighted by Crippen LogP contribution is 2.25. The zero-order chi connectivity index (χ0) is 13.0. The first-order valence-corrected chi connectivity index (χ1v) is 4.99. The average molecular weight is 237 g/mol. The van der Waals surface area contributed by atoms with Gasteiger partial charge in [0.05, 0.1) is 19.8 Å². The molecular formula is C12H15NO4. The van der Waals surface area contributed by atoms with Gasteiger partial charge in [0.1, 0.15) is 11.5 Å². The summed E-state index contributed by atoms with van der Waals surface area (Å²) in [6.07, 6.45) is 0. The van der Waals surface area contributed by atoms with Crippen LogP contribution in [0.3, 0.4) is 0 Å². The van der Waals surface area contributed by atoms with E-state index in [-0.39, 0.29) is 5.56 Å². The van der Waals surface area contributed by atoms with Crippen molar-refractivity contribution in [2.45, 2.75) is 0 Å². The topological polar surface area (TPSA) is 55.8 Å². The van der Waals surface area contributed by atoms with Crippen LogP contribution in [0.4, 0.5) is 0 Å². The standard InChI is InChI=1S/C12H15NO4/c1-13(2)12(15)11(14)9-6-5-8(16-3)7-10(9)17-4/h5-7H,1-4H3. The first kappa shape index (κ1) is 13.0. The molecule has 0 aliphatic rings. The van der Waals surface area contributed by atoms with Crippen LogP contribution in [0.1, 0.15) is 10.4 Å². The summed E-state index contributed by atoms with van der Waals surface area (Å²) >= 11 is 0. The van der Waals surface area contributed by atoms with Gasteiger partial charge < -0.3 is 14.4 Å². The smallest absolute Gasteiger partial charge is 0.294 e. The van der Waals surface area contributed by atoms with Crippen LogP contribution in [0.5, 0.6) is 11.5 Å². The van der Waals surface area contributed by atoms with E-state index in [1.807, 2.05) is 0 Å². The maximum atomic E-state index is 11.9. The van der Waals surface area contributed by atoms with Crippen LogP contribution < -0.4 is 9.47 Å². The molecule has 92 valence electrons. The van der Waals surface area contributed by atoms with Gasteiger partial charge in [0, 0.05) is 20.2 Å². The molecular weight excluding hydrogens is 222 g/mol. The molecule has 0 fully saturated rings. The minimum absolute atomic E-state index is 0.229. The van der Waals surface area contributed by atoms with Gasteiger partial charge in [-0.15, -0.1) is 0 Å². The Bertz CT molecular complexity index is 440. The summed E-state index contributed by atoms with van der Waals surface area (Å²) in [5.74, 6) is -0.303. The van der Waals surface area contributed by atoms with Crippen LogP contribution in [0.2, 0.25) is 0 Å². The summed E-state index contributed by atoms with van der Waals surface area (Å²) in [5.41, 5.74) is 0.229. The molecule has 1 aromatic rings. The molecule has 5 heteroatoms. The van der Waals surface area contributed by atoms with Crippen molar-refractivity contribution in [2.75, 3.05) is 28.3 Å². The molecule has 0 radical (unpaired) electrons. The minimum Gasteiger partial charge on any atom is -0.497 e. The molecule has 0 bridgehead atoms. The number of amides is 1. The van der Waals surface area contributed by atoms with E-state index in [9.17, 15) is 9.59 Å². The Morgan fingerprint density at radius 3 is 2.24 bits per heavy atom. The van der Waals surface area contributed by atoms with Gasteiger partial charge in [-0.3, -0.25) is 9.59 Å². The van der Waals surface area contributed by atoms with Crippen molar-refractivity contribution >= 4 is 11.7 Å². The first-order valence-electron chi connectivity index (χ1n) is 4.99. The lowest BCUT2D eigenvalue weighted by Gasteiger charge is -2.12. The number of hydrogen-bond acceptors (Lipinski definition) is 4. The average Bonchev–Trinajstić information content (AvgIpc) is 2.35. The third-order valence-corrected chi connectivity index (χ3v) is 2.25. The maximum absolute atomic E-state index is 11.9. The van der Waals surface area contributed by atoms with E-state index in [1.54, 1.807) is 12.1 Å². The van der Waals surface area contributed by atoms with Crippen LogP contribution in [0.15, 0.2) is 18.2 Å². The van der Waals surface area contributed by atoms with Gasteiger partial charge in [-0.2, -0.15) is 0 Å². The van der Waals surface area contributed by atoms with Gasteiger partial charge in [-0.1, -0.05) is 0 Å². The van der Waals surface area contributed by atoms with E-state index in [1.165, 1.54) is 39.3 Å². The molecule has 0 aliphatic heterocycles. The molecule has 0 heterocycles. The zero-order valence-electron chi connectivity index (χ0n) is 10.3. The fourth-order valence-electron chi connectivity index (χ4n) is 1.30. The number of carbonyl (C=O) groups excluding carboxylic acids is 2. The molecule has 1 rings (SSSR count). The molecule has 0 saturated carbocycles. The Kier molecular flexibility index (Phi) is 4.09. The highest BCUT2D eigenvalue weighted by molar-refractivity contribution is 6.43. The van der Waals surface area contributed by atoms with Crippen LogP contribution in [-0.2, 0) is 4.79 Å². The maximum Gasteiger partial charge on any atom is 0.294 e. The zero-order valence-corrected chi connectivity index (χ0v) is 10.3. The van der Waals surface area contributed by atoms with Crippen molar-refractivity contribution in [2.24, 2.45) is 0 Å². The normalized spacial score (nSPS) is 9.65. The van der Waals surface area contributed by atoms with E-state index >= 15 is 0 Å². The molecule has 17 heavy (non-hydrogen) atoms. The molecule has 5 nitrogen and oxygen atoms in total. The predicted octanol–water partition coefficient (Wildman–Crippen LogP) is 0.975. The highest BCUT2D eigenvalue weighted by atomic mass is 16.5. The molecule has 0 saturated heterocycles. The number of carbonyl (C=O) groups is 2. The van der Waals surface area contributed by atoms with Gasteiger partial charge in [0.2, 0.25) is 0 Å². The fraction of sp³-hybridized carbons (Fsp3) is 0.333. The lowest BCUT2D eigenvalue weighted by atomic mass is 10.1. The van der Waals surface area contributed by atoms with Gasteiger partial charge in [-0.05, 0) is 12.1 Å². The minimum atomic E-state index is -0.602. The lowest BCUT2D eigenvalue weighted by molar-refractivity contribution is -0.124. The van der Waals surface area contributed by atoms with Crippen molar-refractivity contribution in [1.82, 2.24) is 4.90 Å². The third-order valence-electron chi connectivity index (χ3n) is 2.25. The van der Waals surface area contributed by atoms with E-state index in [0.29, 0.717) is 11.5 Å². The molecule has 0 spiro atoms. The largest absolute Gasteiger partial charge is 0.497 e. The Hall–Kier alpha value is -2.04. The summed E-state index contributed by atoms with van der Waals surface area (Å²) in [6, 6.07) is 4.69. The van der Waals surface area contributed by atoms with E-state index in [2.05, 4.69) is 0 Å². The summed E-state index contributed by atoms with van der Waals surface area (Å²) in [4.78, 5) is 24.6. The van der Waals surface area contributed by atoms with Crippen LogP contribution in [-0.4, -0.2) is 44.9 Å². The third kappa shape index (κ3) is 2.75. The molecule has 0 aromatic heterocycles. The summed E-state index contributed by atoms with van der Waals surface area (Å²) in [5, 5.41) is 0. The van der Waals surface area contributed by atoms with Crippen molar-refractivity contribution in [3.63, 3.8) is 0 Å². The van der Waals surface area contributed by atoms with E-state index in [0.717, 1.165) is 0 Å². The predicted molar refractivity (Wildman–Crippen MR) is 62.6 cm³/mol. The van der Waals surface area contributed by atoms with Crippen molar-refractivity contribution in [3.8, 4) is 11.5 Å². The number of nitrogens with zero attached hydrogens (tertiary/aromatic N) is 1. The van der Waals surface area contributed by atoms with Crippen molar-refractivity contribution in [3.05, 3.63) is 23.8 Å². The number of methoxy groups -OCH3 is 2. The quantitative estimate of drug-likeness (QED) is 0.578. The van der Waals surface area contributed by atoms with Crippen molar-refractivity contribution < 1.29 is 19.1 Å². The highest BCUT2D eigenvalue weighted by Gasteiger charge is 2.22. The van der Waals surface area contributed by atoms with Gasteiger partial charge in [0.15, 0.2) is 0 Å². The molecule has 0 atom stereocenters. The summed E-state index contributed by atoms with van der Waals surface area (Å²) in [6.45, 7) is 0. The van der Waals surface area contributed by atoms with Crippen LogP contribution in [0, 0.1) is 0 Å². The fourth-order valence-corrected chi connectivity index (χ4v) is 1.30. The molecule has 0 N–H and O–H groups in total. The molecule has 0 unspecified atom stereocenters. The van der Waals surface area contributed by atoms with Gasteiger partial charge in [-0.25, -0.2) is 0 Å². The number of Topliss-reactive ketones (excluding diaryl/α,β-unsaturated/α-hetero) is 1. The second kappa shape index (κ2) is 5.34. The van der Waals surface area contributed by atoms with Crippen LogP contribution in [0.25, 0.3) is 0 Å². The Labute approximate surface area is 99.9 Å². The number of rotatable bonds is 4. The van der Waals surface area contributed by atoms with Crippen molar-refractivity contribution in [1.29, 1.82) is 0 Å². The van der Waals surface area contributed by atoms with Gasteiger partial charge >= 0.3 is 0 Å². The first-order chi connectivity index (χ1) is 8.01. The number of hydrogen-bond donors (Lipinski definition) is 0. The Balaban J connectivity index is 3.13. The second-order valence-electron chi connectivity index (χ2n) is 3.59. The molecule has 1 amide bonds. The second-order valence-corrected chi connectivity index (χ2v) is 3.59.